The first-order valence-corrected chi connectivity index (χ1v) is 8.92. The van der Waals surface area contributed by atoms with E-state index >= 15 is 0 Å². The van der Waals surface area contributed by atoms with Crippen molar-refractivity contribution in [3.8, 4) is 11.3 Å². The maximum atomic E-state index is 11.8. The second-order valence-corrected chi connectivity index (χ2v) is 6.22. The van der Waals surface area contributed by atoms with Gasteiger partial charge in [0, 0.05) is 18.2 Å². The predicted molar refractivity (Wildman–Crippen MR) is 112 cm³/mol. The maximum absolute atomic E-state index is 11.8. The van der Waals surface area contributed by atoms with Gasteiger partial charge in [-0.05, 0) is 18.2 Å². The molecule has 1 heterocycles. The zero-order valence-electron chi connectivity index (χ0n) is 15.3. The molecule has 0 spiro atoms. The van der Waals surface area contributed by atoms with E-state index in [1.54, 1.807) is 24.3 Å². The Kier molecular flexibility index (Phi) is 6.24. The number of benzene rings is 2. The molecule has 0 aliphatic carbocycles. The number of carbonyl (C=O) groups excluding carboxylic acids is 1. The third-order valence-corrected chi connectivity index (χ3v) is 4.18. The zero-order valence-corrected chi connectivity index (χ0v) is 16.0. The maximum Gasteiger partial charge on any atom is 0.337 e. The highest BCUT2D eigenvalue weighted by atomic mass is 35.5. The molecule has 142 valence electrons. The van der Waals surface area contributed by atoms with E-state index in [4.69, 9.17) is 16.3 Å². The Balaban J connectivity index is 1.99. The van der Waals surface area contributed by atoms with E-state index in [-0.39, 0.29) is 0 Å². The van der Waals surface area contributed by atoms with Gasteiger partial charge >= 0.3 is 5.97 Å². The van der Waals surface area contributed by atoms with Crippen LogP contribution in [0.5, 0.6) is 0 Å². The van der Waals surface area contributed by atoms with Crippen molar-refractivity contribution in [2.45, 2.75) is 0 Å². The molecule has 3 aromatic rings. The monoisotopic (exact) mass is 394 g/mol. The number of methoxy groups -OCH3 is 1. The Morgan fingerprint density at radius 1 is 1.18 bits per heavy atom. The minimum absolute atomic E-state index is 0.386. The van der Waals surface area contributed by atoms with Gasteiger partial charge < -0.3 is 15.4 Å². The van der Waals surface area contributed by atoms with Crippen LogP contribution in [0.15, 0.2) is 67.3 Å². The molecule has 0 fully saturated rings. The second-order valence-electron chi connectivity index (χ2n) is 5.81. The Morgan fingerprint density at radius 2 is 1.96 bits per heavy atom. The quantitative estimate of drug-likeness (QED) is 0.437. The van der Waals surface area contributed by atoms with Crippen molar-refractivity contribution in [1.29, 1.82) is 0 Å². The third kappa shape index (κ3) is 4.66. The smallest absolute Gasteiger partial charge is 0.337 e. The largest absolute Gasteiger partial charge is 0.465 e. The van der Waals surface area contributed by atoms with Crippen LogP contribution >= 0.6 is 11.6 Å². The number of hydrogen-bond donors (Lipinski definition) is 2. The van der Waals surface area contributed by atoms with Crippen LogP contribution in [0, 0.1) is 0 Å². The first kappa shape index (κ1) is 19.4. The fourth-order valence-electron chi connectivity index (χ4n) is 2.51. The van der Waals surface area contributed by atoms with E-state index in [9.17, 15) is 4.79 Å². The van der Waals surface area contributed by atoms with Crippen molar-refractivity contribution in [3.05, 3.63) is 77.8 Å². The van der Waals surface area contributed by atoms with E-state index in [1.165, 1.54) is 7.11 Å². The summed E-state index contributed by atoms with van der Waals surface area (Å²) in [7, 11) is 1.33. The molecular formula is C21H19ClN4O2. The molecule has 28 heavy (non-hydrogen) atoms. The molecule has 2 N–H and O–H groups in total. The minimum Gasteiger partial charge on any atom is -0.465 e. The Hall–Kier alpha value is -3.38. The summed E-state index contributed by atoms with van der Waals surface area (Å²) >= 11 is 6.29. The fourth-order valence-corrected chi connectivity index (χ4v) is 2.68. The first-order chi connectivity index (χ1) is 13.6. The number of halogens is 1. The SMILES string of the molecule is C=CCNc1nc(Nc2cc(C(=O)OC)ccc2Cl)cc(-c2ccccc2)n1. The molecule has 0 aliphatic rings. The summed E-state index contributed by atoms with van der Waals surface area (Å²) in [5.41, 5.74) is 2.61. The number of ether oxygens (including phenoxy) is 1. The summed E-state index contributed by atoms with van der Waals surface area (Å²) in [5, 5.41) is 6.71. The van der Waals surface area contributed by atoms with E-state index in [1.807, 2.05) is 36.4 Å². The fraction of sp³-hybridized carbons (Fsp3) is 0.0952. The highest BCUT2D eigenvalue weighted by Gasteiger charge is 2.12. The van der Waals surface area contributed by atoms with Gasteiger partial charge in [-0.15, -0.1) is 6.58 Å². The van der Waals surface area contributed by atoms with Gasteiger partial charge in [0.25, 0.3) is 0 Å². The summed E-state index contributed by atoms with van der Waals surface area (Å²) in [5.74, 6) is 0.536. The van der Waals surface area contributed by atoms with Gasteiger partial charge in [0.05, 0.1) is 29.1 Å². The van der Waals surface area contributed by atoms with Crippen molar-refractivity contribution in [2.75, 3.05) is 24.3 Å². The van der Waals surface area contributed by atoms with Crippen molar-refractivity contribution >= 4 is 35.0 Å². The lowest BCUT2D eigenvalue weighted by molar-refractivity contribution is 0.0601. The van der Waals surface area contributed by atoms with E-state index in [2.05, 4.69) is 27.2 Å². The average Bonchev–Trinajstić information content (AvgIpc) is 2.73. The Labute approximate surface area is 168 Å². The number of nitrogens with zero attached hydrogens (tertiary/aromatic N) is 2. The molecule has 3 rings (SSSR count). The predicted octanol–water partition coefficient (Wildman–Crippen LogP) is 4.93. The molecule has 0 bridgehead atoms. The molecule has 0 unspecified atom stereocenters. The Morgan fingerprint density at radius 3 is 2.68 bits per heavy atom. The molecule has 6 nitrogen and oxygen atoms in total. The van der Waals surface area contributed by atoms with Crippen LogP contribution in [0.2, 0.25) is 5.02 Å². The van der Waals surface area contributed by atoms with Crippen LogP contribution in [0.1, 0.15) is 10.4 Å². The van der Waals surface area contributed by atoms with Crippen molar-refractivity contribution in [3.63, 3.8) is 0 Å². The third-order valence-electron chi connectivity index (χ3n) is 3.85. The van der Waals surface area contributed by atoms with Crippen LogP contribution in [-0.2, 0) is 4.74 Å². The van der Waals surface area contributed by atoms with Crippen LogP contribution < -0.4 is 10.6 Å². The summed E-state index contributed by atoms with van der Waals surface area (Å²) < 4.78 is 4.77. The second kappa shape index (κ2) is 9.01. The summed E-state index contributed by atoms with van der Waals surface area (Å²) in [6, 6.07) is 16.4. The molecule has 0 atom stereocenters. The number of nitrogens with one attached hydrogen (secondary N) is 2. The molecule has 0 amide bonds. The van der Waals surface area contributed by atoms with Gasteiger partial charge in [-0.25, -0.2) is 9.78 Å². The number of aromatic nitrogens is 2. The van der Waals surface area contributed by atoms with Gasteiger partial charge in [0.2, 0.25) is 5.95 Å². The van der Waals surface area contributed by atoms with E-state index < -0.39 is 5.97 Å². The zero-order chi connectivity index (χ0) is 19.9. The molecule has 2 aromatic carbocycles. The number of carbonyl (C=O) groups is 1. The normalized spacial score (nSPS) is 10.2. The van der Waals surface area contributed by atoms with Crippen molar-refractivity contribution < 1.29 is 9.53 Å². The van der Waals surface area contributed by atoms with Crippen molar-refractivity contribution in [2.24, 2.45) is 0 Å². The summed E-state index contributed by atoms with van der Waals surface area (Å²) in [6.45, 7) is 4.22. The lowest BCUT2D eigenvalue weighted by atomic mass is 10.1. The number of rotatable bonds is 7. The number of anilines is 3. The lowest BCUT2D eigenvalue weighted by Gasteiger charge is -2.12. The molecule has 1 aromatic heterocycles. The highest BCUT2D eigenvalue weighted by molar-refractivity contribution is 6.33. The molecule has 0 radical (unpaired) electrons. The van der Waals surface area contributed by atoms with Crippen LogP contribution in [0.25, 0.3) is 11.3 Å². The summed E-state index contributed by atoms with van der Waals surface area (Å²) in [6.07, 6.45) is 1.72. The lowest BCUT2D eigenvalue weighted by Crippen LogP contribution is -2.07. The number of hydrogen-bond acceptors (Lipinski definition) is 6. The van der Waals surface area contributed by atoms with Gasteiger partial charge in [-0.3, -0.25) is 0 Å². The van der Waals surface area contributed by atoms with Crippen molar-refractivity contribution in [1.82, 2.24) is 9.97 Å². The van der Waals surface area contributed by atoms with Crippen LogP contribution in [-0.4, -0.2) is 29.6 Å². The first-order valence-electron chi connectivity index (χ1n) is 8.55. The van der Waals surface area contributed by atoms with Crippen LogP contribution in [0.3, 0.4) is 0 Å². The van der Waals surface area contributed by atoms with E-state index in [0.717, 1.165) is 11.3 Å². The molecule has 0 saturated carbocycles. The van der Waals surface area contributed by atoms with E-state index in [0.29, 0.717) is 34.6 Å². The Bertz CT molecular complexity index is 993. The van der Waals surface area contributed by atoms with Gasteiger partial charge in [0.1, 0.15) is 5.82 Å². The standard InChI is InChI=1S/C21H19ClN4O2/c1-3-11-23-21-25-17(14-7-5-4-6-8-14)13-19(26-21)24-18-12-15(20(27)28-2)9-10-16(18)22/h3-10,12-13H,1,11H2,2H3,(H2,23,24,25,26). The molecule has 0 saturated heterocycles. The molecular weight excluding hydrogens is 376 g/mol. The van der Waals surface area contributed by atoms with Gasteiger partial charge in [-0.2, -0.15) is 4.98 Å². The molecule has 0 aliphatic heterocycles. The number of esters is 1. The minimum atomic E-state index is -0.444. The summed E-state index contributed by atoms with van der Waals surface area (Å²) in [4.78, 5) is 20.8. The van der Waals surface area contributed by atoms with Crippen LogP contribution in [0.4, 0.5) is 17.5 Å². The van der Waals surface area contributed by atoms with Gasteiger partial charge in [0.15, 0.2) is 0 Å². The molecule has 7 heteroatoms. The van der Waals surface area contributed by atoms with Gasteiger partial charge in [-0.1, -0.05) is 48.0 Å². The highest BCUT2D eigenvalue weighted by Crippen LogP contribution is 2.28. The topological polar surface area (TPSA) is 76.1 Å². The average molecular weight is 395 g/mol.